The fourth-order valence-corrected chi connectivity index (χ4v) is 1.68. The van der Waals surface area contributed by atoms with E-state index in [1.165, 1.54) is 0 Å². The quantitative estimate of drug-likeness (QED) is 0.803. The Morgan fingerprint density at radius 3 is 2.67 bits per heavy atom. The molecule has 1 aromatic rings. The van der Waals surface area contributed by atoms with Crippen molar-refractivity contribution in [3.8, 4) is 5.75 Å². The second kappa shape index (κ2) is 4.16. The zero-order valence-corrected chi connectivity index (χ0v) is 9.35. The first-order chi connectivity index (χ1) is 8.29. The second-order valence-electron chi connectivity index (χ2n) is 3.49. The molecule has 0 radical (unpaired) electrons. The van der Waals surface area contributed by atoms with Gasteiger partial charge in [0.15, 0.2) is 6.61 Å². The maximum atomic E-state index is 12.3. The molecule has 96 valence electrons. The third kappa shape index (κ3) is 2.26. The van der Waals surface area contributed by atoms with Crippen LogP contribution in [0.1, 0.15) is 10.4 Å². The number of anilines is 1. The highest BCUT2D eigenvalue weighted by atomic mass is 35.5. The Bertz CT molecular complexity index is 542. The first-order valence-corrected chi connectivity index (χ1v) is 5.04. The van der Waals surface area contributed by atoms with Gasteiger partial charge in [0.2, 0.25) is 0 Å². The summed E-state index contributed by atoms with van der Waals surface area (Å²) >= 11 is 5.58. The first-order valence-electron chi connectivity index (χ1n) is 4.67. The van der Waals surface area contributed by atoms with Crippen molar-refractivity contribution in [2.45, 2.75) is 6.18 Å². The molecule has 0 fully saturated rings. The van der Waals surface area contributed by atoms with E-state index in [1.807, 2.05) is 0 Å². The van der Waals surface area contributed by atoms with Gasteiger partial charge in [0.25, 0.3) is 11.7 Å². The van der Waals surface area contributed by atoms with Crippen LogP contribution in [0.15, 0.2) is 12.1 Å². The highest BCUT2D eigenvalue weighted by Crippen LogP contribution is 2.36. The van der Waals surface area contributed by atoms with Crippen molar-refractivity contribution in [3.63, 3.8) is 0 Å². The number of hydrogen-bond acceptors (Lipinski definition) is 3. The minimum Gasteiger partial charge on any atom is -0.482 e. The minimum absolute atomic E-state index is 0.0217. The van der Waals surface area contributed by atoms with Crippen LogP contribution in [0.4, 0.5) is 18.9 Å². The average Bonchev–Trinajstić information content (AvgIpc) is 2.25. The molecule has 0 saturated heterocycles. The third-order valence-electron chi connectivity index (χ3n) is 2.20. The van der Waals surface area contributed by atoms with E-state index in [1.54, 1.807) is 0 Å². The lowest BCUT2D eigenvalue weighted by atomic mass is 10.1. The molecule has 0 saturated carbocycles. The SMILES string of the molecule is O=C1COc2cc(C(=O)C(F)(F)F)c(Cl)cc2N1. The number of carbonyl (C=O) groups is 2. The lowest BCUT2D eigenvalue weighted by Crippen LogP contribution is -2.27. The van der Waals surface area contributed by atoms with E-state index >= 15 is 0 Å². The number of ketones is 1. The molecule has 0 atom stereocenters. The lowest BCUT2D eigenvalue weighted by Gasteiger charge is -2.19. The van der Waals surface area contributed by atoms with Gasteiger partial charge in [0, 0.05) is 5.56 Å². The van der Waals surface area contributed by atoms with Gasteiger partial charge in [-0.15, -0.1) is 0 Å². The van der Waals surface area contributed by atoms with E-state index in [0.717, 1.165) is 12.1 Å². The van der Waals surface area contributed by atoms with E-state index in [-0.39, 0.29) is 18.0 Å². The van der Waals surface area contributed by atoms with Crippen LogP contribution >= 0.6 is 11.6 Å². The summed E-state index contributed by atoms with van der Waals surface area (Å²) < 4.78 is 41.8. The Morgan fingerprint density at radius 2 is 2.06 bits per heavy atom. The van der Waals surface area contributed by atoms with Crippen molar-refractivity contribution < 1.29 is 27.5 Å². The van der Waals surface area contributed by atoms with Crippen LogP contribution in [0.2, 0.25) is 5.02 Å². The number of Topliss-reactive ketones (excluding diaryl/α,β-unsaturated/α-hetero) is 1. The zero-order chi connectivity index (χ0) is 13.5. The summed E-state index contributed by atoms with van der Waals surface area (Å²) in [6.07, 6.45) is -5.02. The Hall–Kier alpha value is -1.76. The fraction of sp³-hybridized carbons (Fsp3) is 0.200. The summed E-state index contributed by atoms with van der Waals surface area (Å²) in [5.41, 5.74) is -0.575. The van der Waals surface area contributed by atoms with Crippen molar-refractivity contribution in [2.75, 3.05) is 11.9 Å². The Morgan fingerprint density at radius 1 is 1.39 bits per heavy atom. The van der Waals surface area contributed by atoms with Crippen molar-refractivity contribution >= 4 is 29.0 Å². The van der Waals surface area contributed by atoms with Crippen molar-refractivity contribution in [2.24, 2.45) is 0 Å². The molecule has 0 spiro atoms. The van der Waals surface area contributed by atoms with Crippen LogP contribution in [0.3, 0.4) is 0 Å². The van der Waals surface area contributed by atoms with Crippen LogP contribution in [0.25, 0.3) is 0 Å². The maximum Gasteiger partial charge on any atom is 0.454 e. The number of rotatable bonds is 1. The van der Waals surface area contributed by atoms with E-state index in [2.05, 4.69) is 5.32 Å². The van der Waals surface area contributed by atoms with Crippen LogP contribution in [-0.2, 0) is 4.79 Å². The van der Waals surface area contributed by atoms with Gasteiger partial charge in [0.05, 0.1) is 10.7 Å². The van der Waals surface area contributed by atoms with Gasteiger partial charge in [-0.25, -0.2) is 0 Å². The monoisotopic (exact) mass is 279 g/mol. The third-order valence-corrected chi connectivity index (χ3v) is 2.52. The normalized spacial score (nSPS) is 14.6. The van der Waals surface area contributed by atoms with Crippen LogP contribution in [0.5, 0.6) is 5.75 Å². The lowest BCUT2D eigenvalue weighted by molar-refractivity contribution is -0.118. The number of ether oxygens (including phenoxy) is 1. The smallest absolute Gasteiger partial charge is 0.454 e. The van der Waals surface area contributed by atoms with Crippen molar-refractivity contribution in [1.82, 2.24) is 0 Å². The summed E-state index contributed by atoms with van der Waals surface area (Å²) in [6.45, 7) is -0.325. The highest BCUT2D eigenvalue weighted by molar-refractivity contribution is 6.34. The topological polar surface area (TPSA) is 55.4 Å². The molecule has 18 heavy (non-hydrogen) atoms. The molecule has 0 aromatic heterocycles. The van der Waals surface area contributed by atoms with E-state index in [9.17, 15) is 22.8 Å². The van der Waals surface area contributed by atoms with E-state index in [4.69, 9.17) is 16.3 Å². The molecule has 1 aliphatic rings. The van der Waals surface area contributed by atoms with Gasteiger partial charge in [-0.2, -0.15) is 13.2 Å². The van der Waals surface area contributed by atoms with Gasteiger partial charge in [-0.1, -0.05) is 11.6 Å². The summed E-state index contributed by atoms with van der Waals surface area (Å²) in [5, 5.41) is 1.96. The Kier molecular flexibility index (Phi) is 2.94. The molecule has 0 unspecified atom stereocenters. The van der Waals surface area contributed by atoms with Crippen LogP contribution in [0, 0.1) is 0 Å². The number of halogens is 4. The molecule has 1 aromatic carbocycles. The molecule has 0 aliphatic carbocycles. The van der Waals surface area contributed by atoms with E-state index in [0.29, 0.717) is 0 Å². The van der Waals surface area contributed by atoms with Gasteiger partial charge < -0.3 is 10.1 Å². The summed E-state index contributed by atoms with van der Waals surface area (Å²) in [4.78, 5) is 22.1. The van der Waals surface area contributed by atoms with Crippen LogP contribution < -0.4 is 10.1 Å². The Balaban J connectivity index is 2.46. The largest absolute Gasteiger partial charge is 0.482 e. The average molecular weight is 280 g/mol. The summed E-state index contributed by atoms with van der Waals surface area (Å²) in [7, 11) is 0. The minimum atomic E-state index is -5.02. The molecule has 1 aliphatic heterocycles. The van der Waals surface area contributed by atoms with Gasteiger partial charge >= 0.3 is 6.18 Å². The molecule has 4 nitrogen and oxygen atoms in total. The van der Waals surface area contributed by atoms with Crippen LogP contribution in [-0.4, -0.2) is 24.5 Å². The first kappa shape index (κ1) is 12.7. The molecular formula is C10H5ClF3NO3. The number of alkyl halides is 3. The van der Waals surface area contributed by atoms with Crippen molar-refractivity contribution in [1.29, 1.82) is 0 Å². The molecule has 1 heterocycles. The summed E-state index contributed by atoms with van der Waals surface area (Å²) in [5.74, 6) is -2.53. The standard InChI is InChI=1S/C10H5ClF3NO3/c11-5-2-6-7(18-3-8(16)15-6)1-4(5)9(17)10(12,13)14/h1-2H,3H2,(H,15,16). The number of nitrogens with one attached hydrogen (secondary N) is 1. The fourth-order valence-electron chi connectivity index (χ4n) is 1.43. The number of amides is 1. The maximum absolute atomic E-state index is 12.3. The Labute approximate surface area is 104 Å². The molecule has 1 N–H and O–H groups in total. The van der Waals surface area contributed by atoms with Gasteiger partial charge in [-0.05, 0) is 12.1 Å². The zero-order valence-electron chi connectivity index (χ0n) is 8.60. The molecule has 1 amide bonds. The molecular weight excluding hydrogens is 275 g/mol. The van der Waals surface area contributed by atoms with Gasteiger partial charge in [-0.3, -0.25) is 9.59 Å². The van der Waals surface area contributed by atoms with Crippen molar-refractivity contribution in [3.05, 3.63) is 22.7 Å². The molecule has 0 bridgehead atoms. The summed E-state index contributed by atoms with van der Waals surface area (Å²) in [6, 6.07) is 1.92. The van der Waals surface area contributed by atoms with Gasteiger partial charge in [0.1, 0.15) is 5.75 Å². The number of benzene rings is 1. The highest BCUT2D eigenvalue weighted by Gasteiger charge is 2.41. The second-order valence-corrected chi connectivity index (χ2v) is 3.90. The molecule has 8 heteroatoms. The number of fused-ring (bicyclic) bond motifs is 1. The van der Waals surface area contributed by atoms with E-state index < -0.39 is 28.5 Å². The predicted octanol–water partition coefficient (Wildman–Crippen LogP) is 2.42. The predicted molar refractivity (Wildman–Crippen MR) is 56.0 cm³/mol. The number of carbonyl (C=O) groups excluding carboxylic acids is 2. The number of hydrogen-bond donors (Lipinski definition) is 1. The molecule has 2 rings (SSSR count).